The van der Waals surface area contributed by atoms with Gasteiger partial charge in [0.2, 0.25) is 0 Å². The largest absolute Gasteiger partial charge is 0.381 e. The topological polar surface area (TPSA) is 41.7 Å². The molecule has 3 heterocycles. The quantitative estimate of drug-likeness (QED) is 0.821. The van der Waals surface area contributed by atoms with Gasteiger partial charge in [-0.05, 0) is 64.2 Å². The number of nitrogens with zero attached hydrogens (tertiary/aromatic N) is 2. The van der Waals surface area contributed by atoms with Crippen LogP contribution >= 0.6 is 0 Å². The Morgan fingerprint density at radius 3 is 2.40 bits per heavy atom. The van der Waals surface area contributed by atoms with Crippen LogP contribution in [0.5, 0.6) is 0 Å². The van der Waals surface area contributed by atoms with Crippen molar-refractivity contribution in [3.63, 3.8) is 0 Å². The molecule has 4 nitrogen and oxygen atoms in total. The molecule has 0 spiro atoms. The number of hydrogen-bond acceptors (Lipinski definition) is 4. The molecule has 3 fully saturated rings. The van der Waals surface area contributed by atoms with Crippen LogP contribution in [0.2, 0.25) is 0 Å². The van der Waals surface area contributed by atoms with E-state index in [0.717, 1.165) is 25.7 Å². The summed E-state index contributed by atoms with van der Waals surface area (Å²) < 4.78 is 5.55. The zero-order valence-corrected chi connectivity index (χ0v) is 12.8. The Balaban J connectivity index is 1.44. The van der Waals surface area contributed by atoms with Gasteiger partial charge in [0.1, 0.15) is 0 Å². The number of rotatable bonds is 5. The van der Waals surface area contributed by atoms with Crippen LogP contribution in [-0.2, 0) is 4.74 Å². The highest BCUT2D eigenvalue weighted by molar-refractivity contribution is 4.86. The lowest BCUT2D eigenvalue weighted by atomic mass is 9.91. The SMILES string of the molecule is NCC(C1CCOC1)N1CCC(CN2CCCC2)CC1. The van der Waals surface area contributed by atoms with Gasteiger partial charge < -0.3 is 15.4 Å². The fourth-order valence-corrected chi connectivity index (χ4v) is 4.29. The molecule has 0 radical (unpaired) electrons. The summed E-state index contributed by atoms with van der Waals surface area (Å²) in [7, 11) is 0. The van der Waals surface area contributed by atoms with Gasteiger partial charge in [-0.1, -0.05) is 0 Å². The van der Waals surface area contributed by atoms with Crippen molar-refractivity contribution in [1.29, 1.82) is 0 Å². The maximum absolute atomic E-state index is 6.04. The Kier molecular flexibility index (Phi) is 5.32. The molecule has 2 N–H and O–H groups in total. The van der Waals surface area contributed by atoms with E-state index in [1.807, 2.05) is 0 Å². The van der Waals surface area contributed by atoms with Crippen LogP contribution < -0.4 is 5.73 Å². The van der Waals surface area contributed by atoms with Crippen molar-refractivity contribution in [2.75, 3.05) is 52.5 Å². The molecule has 0 aliphatic carbocycles. The van der Waals surface area contributed by atoms with Gasteiger partial charge in [-0.25, -0.2) is 0 Å². The summed E-state index contributed by atoms with van der Waals surface area (Å²) >= 11 is 0. The van der Waals surface area contributed by atoms with Crippen LogP contribution in [0, 0.1) is 11.8 Å². The second-order valence-electron chi connectivity index (χ2n) is 6.91. The van der Waals surface area contributed by atoms with Gasteiger partial charge in [-0.2, -0.15) is 0 Å². The monoisotopic (exact) mass is 281 g/mol. The van der Waals surface area contributed by atoms with Crippen LogP contribution in [0.3, 0.4) is 0 Å². The standard InChI is InChI=1S/C16H31N3O/c17-11-16(15-5-10-20-13-15)19-8-3-14(4-9-19)12-18-6-1-2-7-18/h14-16H,1-13,17H2. The summed E-state index contributed by atoms with van der Waals surface area (Å²) in [5, 5.41) is 0. The van der Waals surface area contributed by atoms with E-state index in [0.29, 0.717) is 12.0 Å². The summed E-state index contributed by atoms with van der Waals surface area (Å²) in [6.45, 7) is 9.17. The van der Waals surface area contributed by atoms with Crippen molar-refractivity contribution in [2.45, 2.75) is 38.1 Å². The predicted octanol–water partition coefficient (Wildman–Crippen LogP) is 1.16. The lowest BCUT2D eigenvalue weighted by Gasteiger charge is -2.40. The highest BCUT2D eigenvalue weighted by Crippen LogP contribution is 2.26. The molecule has 116 valence electrons. The zero-order valence-electron chi connectivity index (χ0n) is 12.8. The van der Waals surface area contributed by atoms with Gasteiger partial charge >= 0.3 is 0 Å². The third kappa shape index (κ3) is 3.53. The Hall–Kier alpha value is -0.160. The fraction of sp³-hybridized carbons (Fsp3) is 1.00. The van der Waals surface area contributed by atoms with Gasteiger partial charge in [0.15, 0.2) is 0 Å². The van der Waals surface area contributed by atoms with Gasteiger partial charge in [0.25, 0.3) is 0 Å². The number of nitrogens with two attached hydrogens (primary N) is 1. The minimum Gasteiger partial charge on any atom is -0.381 e. The summed E-state index contributed by atoms with van der Waals surface area (Å²) in [5.41, 5.74) is 6.04. The fourth-order valence-electron chi connectivity index (χ4n) is 4.29. The van der Waals surface area contributed by atoms with E-state index in [2.05, 4.69) is 9.80 Å². The minimum atomic E-state index is 0.560. The van der Waals surface area contributed by atoms with E-state index in [-0.39, 0.29) is 0 Å². The predicted molar refractivity (Wildman–Crippen MR) is 81.7 cm³/mol. The van der Waals surface area contributed by atoms with Crippen molar-refractivity contribution in [3.05, 3.63) is 0 Å². The molecule has 2 unspecified atom stereocenters. The van der Waals surface area contributed by atoms with Crippen LogP contribution in [0.4, 0.5) is 0 Å². The first-order valence-electron chi connectivity index (χ1n) is 8.61. The van der Waals surface area contributed by atoms with Crippen LogP contribution in [0.1, 0.15) is 32.1 Å². The highest BCUT2D eigenvalue weighted by atomic mass is 16.5. The van der Waals surface area contributed by atoms with E-state index in [1.165, 1.54) is 64.8 Å². The number of likely N-dealkylation sites (tertiary alicyclic amines) is 2. The van der Waals surface area contributed by atoms with Gasteiger partial charge in [-0.15, -0.1) is 0 Å². The Bertz CT molecular complexity index is 279. The van der Waals surface area contributed by atoms with Crippen molar-refractivity contribution >= 4 is 0 Å². The molecule has 0 saturated carbocycles. The third-order valence-corrected chi connectivity index (χ3v) is 5.58. The molecule has 0 bridgehead atoms. The first kappa shape index (κ1) is 14.8. The number of ether oxygens (including phenoxy) is 1. The summed E-state index contributed by atoms with van der Waals surface area (Å²) in [4.78, 5) is 5.32. The highest BCUT2D eigenvalue weighted by Gasteiger charge is 2.32. The minimum absolute atomic E-state index is 0.560. The van der Waals surface area contributed by atoms with Gasteiger partial charge in [-0.3, -0.25) is 4.90 Å². The molecule has 3 saturated heterocycles. The van der Waals surface area contributed by atoms with E-state index in [9.17, 15) is 0 Å². The van der Waals surface area contributed by atoms with Crippen LogP contribution in [0.15, 0.2) is 0 Å². The molecule has 0 aromatic rings. The third-order valence-electron chi connectivity index (χ3n) is 5.58. The molecule has 0 aromatic heterocycles. The molecule has 3 rings (SSSR count). The van der Waals surface area contributed by atoms with Crippen molar-refractivity contribution in [1.82, 2.24) is 9.80 Å². The molecular formula is C16H31N3O. The normalized spacial score (nSPS) is 31.9. The van der Waals surface area contributed by atoms with Crippen molar-refractivity contribution in [3.8, 4) is 0 Å². The average Bonchev–Trinajstić information content (AvgIpc) is 3.15. The lowest BCUT2D eigenvalue weighted by molar-refractivity contribution is 0.0799. The molecule has 0 amide bonds. The Morgan fingerprint density at radius 1 is 1.05 bits per heavy atom. The molecule has 3 aliphatic rings. The summed E-state index contributed by atoms with van der Waals surface area (Å²) in [6.07, 6.45) is 6.75. The molecular weight excluding hydrogens is 250 g/mol. The van der Waals surface area contributed by atoms with Crippen LogP contribution in [0.25, 0.3) is 0 Å². The second kappa shape index (κ2) is 7.21. The maximum atomic E-state index is 6.04. The van der Waals surface area contributed by atoms with E-state index >= 15 is 0 Å². The van der Waals surface area contributed by atoms with E-state index < -0.39 is 0 Å². The molecule has 2 atom stereocenters. The lowest BCUT2D eigenvalue weighted by Crippen LogP contribution is -2.50. The molecule has 4 heteroatoms. The smallest absolute Gasteiger partial charge is 0.0510 e. The molecule has 3 aliphatic heterocycles. The molecule has 0 aromatic carbocycles. The van der Waals surface area contributed by atoms with E-state index in [1.54, 1.807) is 0 Å². The maximum Gasteiger partial charge on any atom is 0.0510 e. The Morgan fingerprint density at radius 2 is 1.80 bits per heavy atom. The molecule has 20 heavy (non-hydrogen) atoms. The number of hydrogen-bond donors (Lipinski definition) is 1. The Labute approximate surface area is 123 Å². The van der Waals surface area contributed by atoms with Crippen LogP contribution in [-0.4, -0.2) is 68.3 Å². The summed E-state index contributed by atoms with van der Waals surface area (Å²) in [6, 6.07) is 0.560. The van der Waals surface area contributed by atoms with Gasteiger partial charge in [0.05, 0.1) is 6.61 Å². The second-order valence-corrected chi connectivity index (χ2v) is 6.91. The van der Waals surface area contributed by atoms with Crippen molar-refractivity contribution in [2.24, 2.45) is 17.6 Å². The summed E-state index contributed by atoms with van der Waals surface area (Å²) in [5.74, 6) is 1.60. The van der Waals surface area contributed by atoms with E-state index in [4.69, 9.17) is 10.5 Å². The average molecular weight is 281 g/mol. The first-order chi connectivity index (χ1) is 9.86. The van der Waals surface area contributed by atoms with Crippen molar-refractivity contribution < 1.29 is 4.74 Å². The van der Waals surface area contributed by atoms with Gasteiger partial charge in [0, 0.05) is 31.7 Å². The zero-order chi connectivity index (χ0) is 13.8. The first-order valence-corrected chi connectivity index (χ1v) is 8.61. The number of piperidine rings is 1.